The summed E-state index contributed by atoms with van der Waals surface area (Å²) in [6.45, 7) is 6.21. The number of hydrogen-bond acceptors (Lipinski definition) is 0. The van der Waals surface area contributed by atoms with Gasteiger partial charge in [-0.15, -0.1) is 0 Å². The predicted molar refractivity (Wildman–Crippen MR) is 115 cm³/mol. The lowest BCUT2D eigenvalue weighted by Gasteiger charge is -2.33. The fourth-order valence-electron chi connectivity index (χ4n) is 3.42. The van der Waals surface area contributed by atoms with Gasteiger partial charge in [0.1, 0.15) is 13.1 Å². The summed E-state index contributed by atoms with van der Waals surface area (Å²) in [5.74, 6) is 0. The predicted octanol–water partition coefficient (Wildman–Crippen LogP) is 6.25. The molecule has 0 unspecified atom stereocenters. The van der Waals surface area contributed by atoms with Gasteiger partial charge in [0.15, 0.2) is 0 Å². The van der Waals surface area contributed by atoms with Gasteiger partial charge in [0, 0.05) is 0 Å². The second-order valence-electron chi connectivity index (χ2n) is 9.99. The molecule has 2 heteroatoms. The van der Waals surface area contributed by atoms with Crippen molar-refractivity contribution in [2.45, 2.75) is 96.8 Å². The average molecular weight is 357 g/mol. The Kier molecular flexibility index (Phi) is 15.0. The second kappa shape index (κ2) is 15.0. The first kappa shape index (κ1) is 24.9. The highest BCUT2D eigenvalue weighted by molar-refractivity contribution is 4.49. The topological polar surface area (TPSA) is 0 Å². The maximum Gasteiger partial charge on any atom is 0.128 e. The van der Waals surface area contributed by atoms with Gasteiger partial charge in [-0.05, 0) is 12.8 Å². The Bertz CT molecular complexity index is 278. The van der Waals surface area contributed by atoms with E-state index in [1.807, 2.05) is 0 Å². The van der Waals surface area contributed by atoms with Gasteiger partial charge in [-0.3, -0.25) is 0 Å². The normalized spacial score (nSPS) is 12.7. The number of rotatable bonds is 18. The maximum absolute atomic E-state index is 2.40. The van der Waals surface area contributed by atoms with Crippen LogP contribution in [0.5, 0.6) is 0 Å². The molecule has 0 radical (unpaired) electrons. The van der Waals surface area contributed by atoms with Crippen LogP contribution in [0.25, 0.3) is 0 Å². The minimum Gasteiger partial charge on any atom is -0.326 e. The van der Waals surface area contributed by atoms with E-state index in [1.165, 1.54) is 114 Å². The Morgan fingerprint density at radius 1 is 0.400 bits per heavy atom. The van der Waals surface area contributed by atoms with Crippen LogP contribution in [0.15, 0.2) is 0 Å². The zero-order valence-electron chi connectivity index (χ0n) is 18.9. The molecule has 0 fully saturated rings. The van der Waals surface area contributed by atoms with Gasteiger partial charge >= 0.3 is 0 Å². The fourth-order valence-corrected chi connectivity index (χ4v) is 3.42. The van der Waals surface area contributed by atoms with Crippen molar-refractivity contribution in [2.75, 3.05) is 54.9 Å². The van der Waals surface area contributed by atoms with Crippen LogP contribution in [-0.2, 0) is 0 Å². The summed E-state index contributed by atoms with van der Waals surface area (Å²) in [6, 6.07) is 0. The third-order valence-corrected chi connectivity index (χ3v) is 5.49. The van der Waals surface area contributed by atoms with Gasteiger partial charge in [-0.1, -0.05) is 84.0 Å². The molecule has 0 atom stereocenters. The Morgan fingerprint density at radius 2 is 0.760 bits per heavy atom. The van der Waals surface area contributed by atoms with Crippen molar-refractivity contribution >= 4 is 0 Å². The van der Waals surface area contributed by atoms with Gasteiger partial charge in [-0.25, -0.2) is 0 Å². The Hall–Kier alpha value is -0.0800. The van der Waals surface area contributed by atoms with Crippen molar-refractivity contribution < 1.29 is 8.97 Å². The van der Waals surface area contributed by atoms with Crippen molar-refractivity contribution in [3.63, 3.8) is 0 Å². The van der Waals surface area contributed by atoms with Gasteiger partial charge < -0.3 is 8.97 Å². The molecule has 0 aromatic heterocycles. The van der Waals surface area contributed by atoms with E-state index in [0.717, 1.165) is 4.48 Å². The minimum absolute atomic E-state index is 1.08. The quantitative estimate of drug-likeness (QED) is 0.201. The molecule has 0 rings (SSSR count). The number of unbranched alkanes of at least 4 members (excludes halogenated alkanes) is 13. The summed E-state index contributed by atoms with van der Waals surface area (Å²) in [5, 5.41) is 0. The lowest BCUT2D eigenvalue weighted by atomic mass is 10.0. The lowest BCUT2D eigenvalue weighted by Crippen LogP contribution is -2.49. The molecule has 0 amide bonds. The summed E-state index contributed by atoms with van der Waals surface area (Å²) in [4.78, 5) is 0. The highest BCUT2D eigenvalue weighted by atomic mass is 15.4. The SMILES string of the molecule is CCCCCCCCCCCCCCCC[N+](C)(C)CC[N+](C)(C)C. The molecule has 2 nitrogen and oxygen atoms in total. The average Bonchev–Trinajstić information content (AvgIpc) is 2.53. The van der Waals surface area contributed by atoms with Crippen LogP contribution in [-0.4, -0.2) is 63.8 Å². The van der Waals surface area contributed by atoms with Crippen LogP contribution in [0.1, 0.15) is 96.8 Å². The molecule has 0 spiro atoms. The first-order valence-corrected chi connectivity index (χ1v) is 11.4. The molecule has 0 bridgehead atoms. The molecule has 0 saturated heterocycles. The van der Waals surface area contributed by atoms with E-state index >= 15 is 0 Å². The van der Waals surface area contributed by atoms with E-state index in [4.69, 9.17) is 0 Å². The highest BCUT2D eigenvalue weighted by Crippen LogP contribution is 2.13. The highest BCUT2D eigenvalue weighted by Gasteiger charge is 2.19. The van der Waals surface area contributed by atoms with Crippen molar-refractivity contribution in [3.05, 3.63) is 0 Å². The molecule has 0 N–H and O–H groups in total. The second-order valence-corrected chi connectivity index (χ2v) is 9.99. The number of likely N-dealkylation sites (N-methyl/N-ethyl adjacent to an activating group) is 2. The number of hydrogen-bond donors (Lipinski definition) is 0. The molecule has 0 aliphatic heterocycles. The van der Waals surface area contributed by atoms with Gasteiger partial charge in [0.2, 0.25) is 0 Å². The summed E-state index contributed by atoms with van der Waals surface area (Å²) >= 11 is 0. The van der Waals surface area contributed by atoms with Crippen LogP contribution >= 0.6 is 0 Å². The lowest BCUT2D eigenvalue weighted by molar-refractivity contribution is -0.937. The van der Waals surface area contributed by atoms with E-state index in [1.54, 1.807) is 0 Å². The fraction of sp³-hybridized carbons (Fsp3) is 1.00. The minimum atomic E-state index is 1.08. The molecule has 0 saturated carbocycles. The first-order valence-electron chi connectivity index (χ1n) is 11.4. The summed E-state index contributed by atoms with van der Waals surface area (Å²) < 4.78 is 2.27. The van der Waals surface area contributed by atoms with E-state index in [0.29, 0.717) is 0 Å². The van der Waals surface area contributed by atoms with Crippen LogP contribution in [0.3, 0.4) is 0 Å². The summed E-state index contributed by atoms with van der Waals surface area (Å²) in [7, 11) is 11.7. The molecule has 0 aromatic carbocycles. The van der Waals surface area contributed by atoms with Crippen LogP contribution < -0.4 is 0 Å². The van der Waals surface area contributed by atoms with Crippen LogP contribution in [0.2, 0.25) is 0 Å². The third-order valence-electron chi connectivity index (χ3n) is 5.49. The van der Waals surface area contributed by atoms with E-state index in [9.17, 15) is 0 Å². The van der Waals surface area contributed by atoms with Crippen molar-refractivity contribution in [1.82, 2.24) is 0 Å². The van der Waals surface area contributed by atoms with Gasteiger partial charge in [0.05, 0.1) is 41.8 Å². The molecule has 25 heavy (non-hydrogen) atoms. The Labute approximate surface area is 161 Å². The first-order chi connectivity index (χ1) is 11.8. The number of nitrogens with zero attached hydrogens (tertiary/aromatic N) is 2. The molecule has 0 aliphatic rings. The van der Waals surface area contributed by atoms with E-state index in [2.05, 4.69) is 42.2 Å². The number of quaternary nitrogens is 2. The Balaban J connectivity index is 3.30. The van der Waals surface area contributed by atoms with Gasteiger partial charge in [-0.2, -0.15) is 0 Å². The molecule has 0 aliphatic carbocycles. The van der Waals surface area contributed by atoms with E-state index in [-0.39, 0.29) is 0 Å². The summed E-state index contributed by atoms with van der Waals surface area (Å²) in [5.41, 5.74) is 0. The third kappa shape index (κ3) is 20.1. The van der Waals surface area contributed by atoms with Crippen molar-refractivity contribution in [1.29, 1.82) is 0 Å². The largest absolute Gasteiger partial charge is 0.326 e. The Morgan fingerprint density at radius 3 is 1.12 bits per heavy atom. The molecule has 0 heterocycles. The zero-order chi connectivity index (χ0) is 19.0. The van der Waals surface area contributed by atoms with Crippen molar-refractivity contribution in [2.24, 2.45) is 0 Å². The molecule has 152 valence electrons. The smallest absolute Gasteiger partial charge is 0.128 e. The van der Waals surface area contributed by atoms with Crippen LogP contribution in [0.4, 0.5) is 0 Å². The molecular formula is C23H52N2+2. The molecular weight excluding hydrogens is 304 g/mol. The zero-order valence-corrected chi connectivity index (χ0v) is 18.9. The van der Waals surface area contributed by atoms with Gasteiger partial charge in [0.25, 0.3) is 0 Å². The standard InChI is InChI=1S/C23H52N2/c1-7-8-9-10-11-12-13-14-15-16-17-18-19-20-21-25(5,6)23-22-24(2,3)4/h7-23H2,1-6H3/q+2. The molecule has 0 aromatic rings. The summed E-state index contributed by atoms with van der Waals surface area (Å²) in [6.07, 6.45) is 20.3. The van der Waals surface area contributed by atoms with E-state index < -0.39 is 0 Å². The maximum atomic E-state index is 2.40. The van der Waals surface area contributed by atoms with Crippen LogP contribution in [0, 0.1) is 0 Å². The monoisotopic (exact) mass is 356 g/mol. The van der Waals surface area contributed by atoms with Crippen molar-refractivity contribution in [3.8, 4) is 0 Å².